The summed E-state index contributed by atoms with van der Waals surface area (Å²) in [5.74, 6) is -0.403. The van der Waals surface area contributed by atoms with Crippen molar-refractivity contribution >= 4 is 11.7 Å². The monoisotopic (exact) mass is 287 g/mol. The molecule has 0 spiro atoms. The fourth-order valence-corrected chi connectivity index (χ4v) is 3.62. The van der Waals surface area contributed by atoms with Gasteiger partial charge >= 0.3 is 0 Å². The fourth-order valence-electron chi connectivity index (χ4n) is 3.62. The summed E-state index contributed by atoms with van der Waals surface area (Å²) in [6.45, 7) is 5.81. The summed E-state index contributed by atoms with van der Waals surface area (Å²) in [6, 6.07) is 5.86. The molecule has 2 atom stereocenters. The molecule has 1 aromatic carbocycles. The zero-order chi connectivity index (χ0) is 15.4. The van der Waals surface area contributed by atoms with Crippen molar-refractivity contribution in [2.24, 2.45) is 17.3 Å². The van der Waals surface area contributed by atoms with E-state index in [2.05, 4.69) is 19.2 Å². The average molecular weight is 287 g/mol. The molecular formula is C17H18FNO2. The van der Waals surface area contributed by atoms with Crippen molar-refractivity contribution in [1.29, 1.82) is 0 Å². The summed E-state index contributed by atoms with van der Waals surface area (Å²) < 4.78 is 13.6. The Labute approximate surface area is 123 Å². The lowest BCUT2D eigenvalue weighted by Gasteiger charge is -2.15. The Hall–Kier alpha value is -1.97. The molecule has 4 heteroatoms. The maximum atomic E-state index is 13.6. The molecule has 2 aliphatic carbocycles. The number of nitrogens with one attached hydrogen (secondary N) is 1. The van der Waals surface area contributed by atoms with Crippen molar-refractivity contribution < 1.29 is 14.0 Å². The summed E-state index contributed by atoms with van der Waals surface area (Å²) in [5, 5.41) is 2.75. The van der Waals surface area contributed by atoms with E-state index in [1.54, 1.807) is 12.1 Å². The molecule has 3 nitrogen and oxygen atoms in total. The quantitative estimate of drug-likeness (QED) is 0.928. The van der Waals surface area contributed by atoms with E-state index in [4.69, 9.17) is 0 Å². The molecule has 0 bridgehead atoms. The third kappa shape index (κ3) is 2.09. The predicted octanol–water partition coefficient (Wildman–Crippen LogP) is 3.07. The van der Waals surface area contributed by atoms with Crippen LogP contribution in [0.5, 0.6) is 0 Å². The highest BCUT2D eigenvalue weighted by Gasteiger charge is 2.64. The summed E-state index contributed by atoms with van der Waals surface area (Å²) in [5.41, 5.74) is 1.53. The minimum absolute atomic E-state index is 0.00286. The number of fused-ring (bicyclic) bond motifs is 1. The third-order valence-electron chi connectivity index (χ3n) is 4.87. The van der Waals surface area contributed by atoms with Gasteiger partial charge in [-0.05, 0) is 42.7 Å². The smallest absolute Gasteiger partial charge is 0.258 e. The molecule has 1 aromatic rings. The Bertz CT molecular complexity index is 675. The van der Waals surface area contributed by atoms with E-state index in [-0.39, 0.29) is 22.7 Å². The third-order valence-corrected chi connectivity index (χ3v) is 4.87. The number of rotatable bonds is 3. The Morgan fingerprint density at radius 2 is 1.95 bits per heavy atom. The van der Waals surface area contributed by atoms with Crippen molar-refractivity contribution in [3.05, 3.63) is 46.9 Å². The second kappa shape index (κ2) is 4.52. The number of Topliss-reactive ketones (excluding diaryl/α,β-unsaturated/α-hetero) is 1. The fraction of sp³-hybridized carbons (Fsp3) is 0.412. The largest absolute Gasteiger partial charge is 0.325 e. The molecule has 1 saturated carbocycles. The van der Waals surface area contributed by atoms with Crippen molar-refractivity contribution in [2.45, 2.75) is 27.2 Å². The van der Waals surface area contributed by atoms with Gasteiger partial charge in [-0.2, -0.15) is 0 Å². The van der Waals surface area contributed by atoms with Gasteiger partial charge in [0.2, 0.25) is 0 Å². The second-order valence-corrected chi connectivity index (χ2v) is 6.49. The normalized spacial score (nSPS) is 25.5. The van der Waals surface area contributed by atoms with Crippen LogP contribution in [0.2, 0.25) is 0 Å². The van der Waals surface area contributed by atoms with Crippen molar-refractivity contribution in [3.8, 4) is 0 Å². The van der Waals surface area contributed by atoms with Gasteiger partial charge in [0, 0.05) is 11.3 Å². The first-order valence-corrected chi connectivity index (χ1v) is 7.14. The molecule has 0 unspecified atom stereocenters. The van der Waals surface area contributed by atoms with Crippen molar-refractivity contribution in [3.63, 3.8) is 0 Å². The van der Waals surface area contributed by atoms with Crippen LogP contribution in [0.1, 0.15) is 37.6 Å². The minimum Gasteiger partial charge on any atom is -0.325 e. The first-order chi connectivity index (χ1) is 9.84. The number of hydrogen-bond donors (Lipinski definition) is 1. The van der Waals surface area contributed by atoms with Crippen LogP contribution in [-0.2, 0) is 4.79 Å². The molecule has 21 heavy (non-hydrogen) atoms. The second-order valence-electron chi connectivity index (χ2n) is 6.49. The van der Waals surface area contributed by atoms with Gasteiger partial charge in [-0.25, -0.2) is 4.39 Å². The molecule has 110 valence electrons. The Morgan fingerprint density at radius 1 is 1.29 bits per heavy atom. The number of halogens is 1. The van der Waals surface area contributed by atoms with Crippen LogP contribution in [0, 0.1) is 23.1 Å². The number of ketones is 1. The first-order valence-electron chi connectivity index (χ1n) is 7.14. The molecule has 0 radical (unpaired) electrons. The van der Waals surface area contributed by atoms with Crippen LogP contribution in [-0.4, -0.2) is 11.7 Å². The molecule has 2 aliphatic rings. The van der Waals surface area contributed by atoms with Gasteiger partial charge in [0.05, 0.1) is 5.56 Å². The Kier molecular flexibility index (Phi) is 3.01. The van der Waals surface area contributed by atoms with Gasteiger partial charge in [-0.3, -0.25) is 9.59 Å². The van der Waals surface area contributed by atoms with E-state index in [1.165, 1.54) is 19.1 Å². The van der Waals surface area contributed by atoms with E-state index >= 15 is 0 Å². The van der Waals surface area contributed by atoms with Gasteiger partial charge in [0.15, 0.2) is 5.78 Å². The van der Waals surface area contributed by atoms with Crippen LogP contribution < -0.4 is 5.32 Å². The molecule has 3 rings (SSSR count). The first kappa shape index (κ1) is 14.0. The highest BCUT2D eigenvalue weighted by molar-refractivity contribution is 6.00. The minimum atomic E-state index is -0.552. The predicted molar refractivity (Wildman–Crippen MR) is 77.0 cm³/mol. The van der Waals surface area contributed by atoms with Crippen LogP contribution >= 0.6 is 0 Å². The number of hydrogen-bond acceptors (Lipinski definition) is 2. The maximum absolute atomic E-state index is 13.6. The van der Waals surface area contributed by atoms with Crippen molar-refractivity contribution in [2.75, 3.05) is 0 Å². The summed E-state index contributed by atoms with van der Waals surface area (Å²) in [4.78, 5) is 24.1. The standard InChI is InChI=1S/C17H18FNO2/c1-9(20)14-13(8-11-15(14)17(11,2)3)19-16(21)10-6-4-5-7-12(10)18/h4-7,11,15H,8H2,1-3H3,(H,19,21)/t11-,15-/m1/s1. The van der Waals surface area contributed by atoms with E-state index in [9.17, 15) is 14.0 Å². The van der Waals surface area contributed by atoms with Gasteiger partial charge in [0.25, 0.3) is 5.91 Å². The molecule has 1 amide bonds. The van der Waals surface area contributed by atoms with Crippen LogP contribution in [0.4, 0.5) is 4.39 Å². The van der Waals surface area contributed by atoms with Gasteiger partial charge < -0.3 is 5.32 Å². The van der Waals surface area contributed by atoms with E-state index in [0.717, 1.165) is 5.57 Å². The van der Waals surface area contributed by atoms with Gasteiger partial charge in [-0.1, -0.05) is 26.0 Å². The number of carbonyl (C=O) groups excluding carboxylic acids is 2. The Morgan fingerprint density at radius 3 is 2.57 bits per heavy atom. The number of benzene rings is 1. The van der Waals surface area contributed by atoms with E-state index in [1.807, 2.05) is 0 Å². The number of allylic oxidation sites excluding steroid dienone is 2. The SMILES string of the molecule is CC(=O)C1=C(NC(=O)c2ccccc2F)C[C@@H]2[C@H]1C2(C)C. The zero-order valence-electron chi connectivity index (χ0n) is 12.4. The van der Waals surface area contributed by atoms with E-state index in [0.29, 0.717) is 18.0 Å². The van der Waals surface area contributed by atoms with Crippen LogP contribution in [0.3, 0.4) is 0 Å². The van der Waals surface area contributed by atoms with Crippen LogP contribution in [0.25, 0.3) is 0 Å². The summed E-state index contributed by atoms with van der Waals surface area (Å²) >= 11 is 0. The molecular weight excluding hydrogens is 269 g/mol. The van der Waals surface area contributed by atoms with Gasteiger partial charge in [-0.15, -0.1) is 0 Å². The van der Waals surface area contributed by atoms with E-state index < -0.39 is 11.7 Å². The topological polar surface area (TPSA) is 46.2 Å². The van der Waals surface area contributed by atoms with Crippen molar-refractivity contribution in [1.82, 2.24) is 5.32 Å². The summed E-state index contributed by atoms with van der Waals surface area (Å²) in [7, 11) is 0. The molecule has 0 saturated heterocycles. The maximum Gasteiger partial charge on any atom is 0.258 e. The Balaban J connectivity index is 1.87. The lowest BCUT2D eigenvalue weighted by atomic mass is 9.96. The highest BCUT2D eigenvalue weighted by Crippen LogP contribution is 2.68. The number of carbonyl (C=O) groups is 2. The van der Waals surface area contributed by atoms with Crippen LogP contribution in [0.15, 0.2) is 35.5 Å². The average Bonchev–Trinajstić information content (AvgIpc) is 2.78. The molecule has 0 heterocycles. The zero-order valence-corrected chi connectivity index (χ0v) is 12.4. The molecule has 1 fully saturated rings. The number of amides is 1. The van der Waals surface area contributed by atoms with Gasteiger partial charge in [0.1, 0.15) is 5.82 Å². The highest BCUT2D eigenvalue weighted by atomic mass is 19.1. The molecule has 1 N–H and O–H groups in total. The molecule has 0 aliphatic heterocycles. The summed E-state index contributed by atoms with van der Waals surface area (Å²) in [6.07, 6.45) is 0.687. The lowest BCUT2D eigenvalue weighted by Crippen LogP contribution is -2.26. The lowest BCUT2D eigenvalue weighted by molar-refractivity contribution is -0.114. The molecule has 0 aromatic heterocycles.